The number of ether oxygens (including phenoxy) is 2. The zero-order chi connectivity index (χ0) is 35.6. The van der Waals surface area contributed by atoms with Gasteiger partial charge >= 0.3 is 12.3 Å². The number of benzene rings is 2. The molecule has 2 amide bonds. The molecule has 5 aliphatic rings. The summed E-state index contributed by atoms with van der Waals surface area (Å²) < 4.78 is 88.8. The molecule has 9 nitrogen and oxygen atoms in total. The summed E-state index contributed by atoms with van der Waals surface area (Å²) in [5.41, 5.74) is 1.20. The third kappa shape index (κ3) is 5.96. The number of fused-ring (bicyclic) bond motifs is 3. The van der Waals surface area contributed by atoms with Crippen LogP contribution < -0.4 is 0 Å². The summed E-state index contributed by atoms with van der Waals surface area (Å²) in [6, 6.07) is 15.0. The minimum atomic E-state index is -4.77. The molecule has 14 heteroatoms. The molecule has 1 aromatic heterocycles. The number of carbonyl (C=O) groups is 2. The van der Waals surface area contributed by atoms with Crippen LogP contribution >= 0.6 is 0 Å². The van der Waals surface area contributed by atoms with Crippen LogP contribution in [0.4, 0.5) is 26.7 Å². The average molecular weight is 715 g/mol. The number of hydrogen-bond donors (Lipinski definition) is 0. The maximum Gasteiger partial charge on any atom is 0.410 e. The van der Waals surface area contributed by atoms with Crippen molar-refractivity contribution in [2.75, 3.05) is 32.8 Å². The van der Waals surface area contributed by atoms with Gasteiger partial charge in [0.05, 0.1) is 18.8 Å². The lowest BCUT2D eigenvalue weighted by molar-refractivity contribution is -0.211. The molecule has 0 unspecified atom stereocenters. The number of rotatable bonds is 5. The van der Waals surface area contributed by atoms with Gasteiger partial charge in [-0.2, -0.15) is 18.2 Å². The van der Waals surface area contributed by atoms with E-state index in [-0.39, 0.29) is 70.1 Å². The molecule has 0 bridgehead atoms. The molecule has 2 aliphatic carbocycles. The minimum absolute atomic E-state index is 0.00992. The van der Waals surface area contributed by atoms with Crippen molar-refractivity contribution in [3.05, 3.63) is 71.4 Å². The molecular formula is C37H39F5N4O5. The van der Waals surface area contributed by atoms with Crippen molar-refractivity contribution in [2.24, 2.45) is 0 Å². The molecule has 0 N–H and O–H groups in total. The second kappa shape index (κ2) is 12.6. The number of amides is 2. The molecule has 51 heavy (non-hydrogen) atoms. The summed E-state index contributed by atoms with van der Waals surface area (Å²) in [6.07, 6.45) is -5.56. The fourth-order valence-electron chi connectivity index (χ4n) is 8.72. The quantitative estimate of drug-likeness (QED) is 0.255. The summed E-state index contributed by atoms with van der Waals surface area (Å²) in [5.74, 6) is -4.53. The molecule has 4 heterocycles. The van der Waals surface area contributed by atoms with Crippen LogP contribution in [-0.4, -0.2) is 88.5 Å². The van der Waals surface area contributed by atoms with Gasteiger partial charge in [-0.05, 0) is 60.8 Å². The van der Waals surface area contributed by atoms with Crippen LogP contribution in [0.1, 0.15) is 92.5 Å². The zero-order valence-corrected chi connectivity index (χ0v) is 28.0. The number of alkyl halides is 5. The van der Waals surface area contributed by atoms with Gasteiger partial charge < -0.3 is 18.9 Å². The number of carbonyl (C=O) groups excluding carboxylic acids is 2. The smallest absolute Gasteiger partial charge is 0.410 e. The lowest BCUT2D eigenvalue weighted by Gasteiger charge is -2.51. The van der Waals surface area contributed by atoms with Crippen LogP contribution in [0.2, 0.25) is 0 Å². The molecule has 272 valence electrons. The highest BCUT2D eigenvalue weighted by Gasteiger charge is 2.61. The van der Waals surface area contributed by atoms with Gasteiger partial charge in [0, 0.05) is 44.2 Å². The minimum Gasteiger partial charge on any atom is -0.448 e. The fourth-order valence-corrected chi connectivity index (χ4v) is 8.72. The van der Waals surface area contributed by atoms with Crippen LogP contribution in [0.25, 0.3) is 11.1 Å². The maximum absolute atomic E-state index is 14.8. The van der Waals surface area contributed by atoms with E-state index in [0.29, 0.717) is 13.0 Å². The Balaban J connectivity index is 0.969. The van der Waals surface area contributed by atoms with Crippen molar-refractivity contribution in [1.29, 1.82) is 0 Å². The molecule has 4 fully saturated rings. The van der Waals surface area contributed by atoms with E-state index in [9.17, 15) is 31.5 Å². The second-order valence-corrected chi connectivity index (χ2v) is 14.8. The van der Waals surface area contributed by atoms with Gasteiger partial charge in [-0.1, -0.05) is 53.7 Å². The van der Waals surface area contributed by atoms with Gasteiger partial charge in [0.1, 0.15) is 18.1 Å². The third-order valence-corrected chi connectivity index (χ3v) is 11.9. The Hall–Kier alpha value is -4.07. The highest BCUT2D eigenvalue weighted by molar-refractivity contribution is 5.86. The van der Waals surface area contributed by atoms with Crippen molar-refractivity contribution < 1.29 is 45.5 Å². The van der Waals surface area contributed by atoms with Crippen LogP contribution in [-0.2, 0) is 19.7 Å². The highest BCUT2D eigenvalue weighted by atomic mass is 19.4. The van der Waals surface area contributed by atoms with Gasteiger partial charge in [-0.25, -0.2) is 13.6 Å². The maximum atomic E-state index is 14.8. The predicted molar refractivity (Wildman–Crippen MR) is 172 cm³/mol. The molecule has 3 saturated heterocycles. The van der Waals surface area contributed by atoms with Crippen molar-refractivity contribution >= 4 is 12.0 Å². The standard InChI is InChI=1S/C37H39F5N4O5/c38-36(39)13-9-23(10-14-36)30-43-32(51-44-30)35(37(40,41)42)15-18-45(19-16-35)31(47)29-11-12-34(17-20-50-34)22-46(29)33(48)49-21-28-26-7-3-1-5-24(26)25-6-2-4-8-27(25)28/h1-8,23,28-29H,9-22H2/t29-,34+/m0/s1. The Labute approximate surface area is 291 Å². The van der Waals surface area contributed by atoms with E-state index in [1.165, 1.54) is 9.80 Å². The van der Waals surface area contributed by atoms with E-state index < -0.39 is 65.8 Å². The Morgan fingerprint density at radius 1 is 0.882 bits per heavy atom. The molecule has 2 atom stereocenters. The molecule has 2 aromatic carbocycles. The lowest BCUT2D eigenvalue weighted by atomic mass is 9.76. The topological polar surface area (TPSA) is 98.0 Å². The van der Waals surface area contributed by atoms with Gasteiger partial charge in [0.2, 0.25) is 17.7 Å². The van der Waals surface area contributed by atoms with E-state index in [1.807, 2.05) is 48.5 Å². The first-order chi connectivity index (χ1) is 24.4. The van der Waals surface area contributed by atoms with Crippen LogP contribution in [0.3, 0.4) is 0 Å². The van der Waals surface area contributed by atoms with Crippen LogP contribution in [0, 0.1) is 0 Å². The number of aromatic nitrogens is 2. The monoisotopic (exact) mass is 714 g/mol. The summed E-state index contributed by atoms with van der Waals surface area (Å²) >= 11 is 0. The van der Waals surface area contributed by atoms with E-state index in [4.69, 9.17) is 14.0 Å². The summed E-state index contributed by atoms with van der Waals surface area (Å²) in [7, 11) is 0. The van der Waals surface area contributed by atoms with Gasteiger partial charge in [0.15, 0.2) is 5.82 Å². The molecule has 1 saturated carbocycles. The largest absolute Gasteiger partial charge is 0.448 e. The lowest BCUT2D eigenvalue weighted by Crippen LogP contribution is -2.64. The summed E-state index contributed by atoms with van der Waals surface area (Å²) in [4.78, 5) is 34.8. The molecule has 8 rings (SSSR count). The first-order valence-corrected chi connectivity index (χ1v) is 17.7. The van der Waals surface area contributed by atoms with Crippen molar-refractivity contribution in [3.63, 3.8) is 0 Å². The highest BCUT2D eigenvalue weighted by Crippen LogP contribution is 2.50. The second-order valence-electron chi connectivity index (χ2n) is 14.8. The normalized spacial score (nSPS) is 26.0. The first kappa shape index (κ1) is 34.0. The molecule has 3 aliphatic heterocycles. The number of likely N-dealkylation sites (tertiary alicyclic amines) is 2. The Morgan fingerprint density at radius 3 is 2.10 bits per heavy atom. The summed E-state index contributed by atoms with van der Waals surface area (Å²) in [6.45, 7) is 0.266. The number of halogens is 5. The van der Waals surface area contributed by atoms with E-state index in [1.54, 1.807) is 0 Å². The van der Waals surface area contributed by atoms with Crippen LogP contribution in [0.5, 0.6) is 0 Å². The molecule has 0 radical (unpaired) electrons. The Kier molecular flexibility index (Phi) is 8.38. The van der Waals surface area contributed by atoms with Gasteiger partial charge in [-0.3, -0.25) is 9.69 Å². The van der Waals surface area contributed by atoms with Gasteiger partial charge in [0.25, 0.3) is 0 Å². The number of nitrogens with zero attached hydrogens (tertiary/aromatic N) is 4. The van der Waals surface area contributed by atoms with E-state index in [0.717, 1.165) is 28.7 Å². The SMILES string of the molecule is O=C([C@@H]1CC[C@@]2(CCO2)CN1C(=O)OCC1c2ccccc2-c2ccccc21)N1CCC(c2nc(C3CCC(F)(F)CC3)no2)(C(F)(F)F)CC1. The van der Waals surface area contributed by atoms with Crippen LogP contribution in [0.15, 0.2) is 53.1 Å². The van der Waals surface area contributed by atoms with Crippen molar-refractivity contribution in [3.8, 4) is 11.1 Å². The van der Waals surface area contributed by atoms with Crippen molar-refractivity contribution in [1.82, 2.24) is 19.9 Å². The number of piperidine rings is 2. The van der Waals surface area contributed by atoms with E-state index in [2.05, 4.69) is 10.1 Å². The summed E-state index contributed by atoms with van der Waals surface area (Å²) in [5, 5.41) is 3.79. The molecule has 3 aromatic rings. The zero-order valence-electron chi connectivity index (χ0n) is 28.0. The van der Waals surface area contributed by atoms with Crippen molar-refractivity contribution in [2.45, 2.75) is 98.8 Å². The number of hydrogen-bond acceptors (Lipinski definition) is 7. The third-order valence-electron chi connectivity index (χ3n) is 11.9. The molecular weight excluding hydrogens is 675 g/mol. The average Bonchev–Trinajstić information content (AvgIpc) is 3.73. The Bertz CT molecular complexity index is 1750. The molecule has 1 spiro atoms. The first-order valence-electron chi connectivity index (χ1n) is 17.7. The Morgan fingerprint density at radius 2 is 1.51 bits per heavy atom. The fraction of sp³-hybridized carbons (Fsp3) is 0.568. The van der Waals surface area contributed by atoms with E-state index >= 15 is 0 Å². The predicted octanol–water partition coefficient (Wildman–Crippen LogP) is 7.36. The van der Waals surface area contributed by atoms with Gasteiger partial charge in [-0.15, -0.1) is 0 Å².